The summed E-state index contributed by atoms with van der Waals surface area (Å²) >= 11 is 0.237. The van der Waals surface area contributed by atoms with E-state index in [0.717, 1.165) is 0 Å². The van der Waals surface area contributed by atoms with E-state index in [1.807, 2.05) is 0 Å². The van der Waals surface area contributed by atoms with Crippen LogP contribution in [0, 0.1) is 0 Å². The van der Waals surface area contributed by atoms with Gasteiger partial charge in [-0.25, -0.2) is 0 Å². The molecule has 0 unspecified atom stereocenters. The Morgan fingerprint density at radius 2 is 0.922 bits per heavy atom. The van der Waals surface area contributed by atoms with Crippen LogP contribution in [0.3, 0.4) is 0 Å². The number of hydrogen-bond donors (Lipinski definition) is 0. The van der Waals surface area contributed by atoms with Crippen LogP contribution in [0.4, 0.5) is 0 Å². The quantitative estimate of drug-likeness (QED) is 0.161. The first-order chi connectivity index (χ1) is 25.3. The number of fused-ring (bicyclic) bond motifs is 9. The Morgan fingerprint density at radius 1 is 0.333 bits per heavy atom. The Labute approximate surface area is 300 Å². The molecule has 0 bridgehead atoms. The molecular weight excluding hydrogens is 684 g/mol. The van der Waals surface area contributed by atoms with Crippen LogP contribution in [-0.4, -0.2) is 23.6 Å². The van der Waals surface area contributed by atoms with Crippen LogP contribution < -0.4 is 0 Å². The first-order valence-corrected chi connectivity index (χ1v) is 19.2. The van der Waals surface area contributed by atoms with Crippen molar-refractivity contribution in [3.8, 4) is 33.6 Å². The van der Waals surface area contributed by atoms with Gasteiger partial charge in [-0.3, -0.25) is 0 Å². The summed E-state index contributed by atoms with van der Waals surface area (Å²) in [7, 11) is 0. The molecule has 0 saturated heterocycles. The molecule has 0 amide bonds. The predicted octanol–water partition coefficient (Wildman–Crippen LogP) is 12.6. The van der Waals surface area contributed by atoms with E-state index in [4.69, 9.17) is 0 Å². The van der Waals surface area contributed by atoms with Crippen LogP contribution in [0.5, 0.6) is 0 Å². The van der Waals surface area contributed by atoms with Gasteiger partial charge >= 0.3 is 290 Å². The summed E-state index contributed by atoms with van der Waals surface area (Å²) in [6.45, 7) is 0. The maximum atomic E-state index is 2.51. The standard InChI is InChI=1S/C48H30N2Se/c1-2-13-31(14-3-1)34-15-4-5-16-35(34)32-25-28-46-40(29-32)48-45(23-12-24-47(48)51-46)50-43-22-11-8-19-38(43)39-30-33(26-27-44(39)50)49-41-20-9-6-17-36(41)37-18-7-10-21-42(37)49/h1-30H. The topological polar surface area (TPSA) is 9.86 Å². The Morgan fingerprint density at radius 3 is 1.65 bits per heavy atom. The van der Waals surface area contributed by atoms with E-state index < -0.39 is 0 Å². The number of aromatic nitrogens is 2. The second-order valence-corrected chi connectivity index (χ2v) is 15.6. The van der Waals surface area contributed by atoms with Crippen molar-refractivity contribution in [2.75, 3.05) is 0 Å². The molecule has 0 spiro atoms. The first-order valence-electron chi connectivity index (χ1n) is 17.4. The molecule has 238 valence electrons. The Balaban J connectivity index is 1.16. The van der Waals surface area contributed by atoms with Gasteiger partial charge in [-0.1, -0.05) is 12.1 Å². The fourth-order valence-corrected chi connectivity index (χ4v) is 10.6. The van der Waals surface area contributed by atoms with Gasteiger partial charge < -0.3 is 0 Å². The van der Waals surface area contributed by atoms with E-state index >= 15 is 0 Å². The summed E-state index contributed by atoms with van der Waals surface area (Å²) in [6.07, 6.45) is 0. The van der Waals surface area contributed by atoms with Gasteiger partial charge in [0.25, 0.3) is 0 Å². The molecule has 11 aromatic rings. The molecule has 3 heteroatoms. The van der Waals surface area contributed by atoms with Crippen molar-refractivity contribution in [3.63, 3.8) is 0 Å². The van der Waals surface area contributed by atoms with Crippen molar-refractivity contribution in [2.45, 2.75) is 0 Å². The third-order valence-corrected chi connectivity index (χ3v) is 12.9. The monoisotopic (exact) mass is 714 g/mol. The van der Waals surface area contributed by atoms with Crippen molar-refractivity contribution in [1.82, 2.24) is 9.13 Å². The minimum absolute atomic E-state index is 0.237. The summed E-state index contributed by atoms with van der Waals surface area (Å²) in [6, 6.07) is 67.0. The molecule has 51 heavy (non-hydrogen) atoms. The summed E-state index contributed by atoms with van der Waals surface area (Å²) < 4.78 is 7.82. The van der Waals surface area contributed by atoms with Crippen LogP contribution in [0.1, 0.15) is 0 Å². The third kappa shape index (κ3) is 4.29. The van der Waals surface area contributed by atoms with E-state index in [9.17, 15) is 0 Å². The maximum absolute atomic E-state index is 2.51. The molecule has 3 aromatic heterocycles. The summed E-state index contributed by atoms with van der Waals surface area (Å²) in [4.78, 5) is 0. The van der Waals surface area contributed by atoms with Crippen molar-refractivity contribution in [2.24, 2.45) is 0 Å². The molecular formula is C48H30N2Se. The molecule has 11 rings (SSSR count). The van der Waals surface area contributed by atoms with E-state index in [2.05, 4.69) is 191 Å². The second kappa shape index (κ2) is 11.2. The third-order valence-electron chi connectivity index (χ3n) is 10.5. The molecule has 0 radical (unpaired) electrons. The van der Waals surface area contributed by atoms with Gasteiger partial charge in [0.1, 0.15) is 0 Å². The Kier molecular flexibility index (Phi) is 6.30. The van der Waals surface area contributed by atoms with E-state index in [-0.39, 0.29) is 14.5 Å². The summed E-state index contributed by atoms with van der Waals surface area (Å²) in [5.74, 6) is 0. The van der Waals surface area contributed by atoms with E-state index in [0.29, 0.717) is 0 Å². The van der Waals surface area contributed by atoms with E-state index in [1.54, 1.807) is 0 Å². The van der Waals surface area contributed by atoms with Crippen LogP contribution in [-0.2, 0) is 0 Å². The van der Waals surface area contributed by atoms with E-state index in [1.165, 1.54) is 96.5 Å². The van der Waals surface area contributed by atoms with Crippen LogP contribution >= 0.6 is 0 Å². The SMILES string of the molecule is c1ccc(-c2ccccc2-c2ccc3[se]c4cccc(-n5c6ccccc6c6cc(-n7c8ccccc8c8ccccc87)ccc65)c4c3c2)cc1. The average Bonchev–Trinajstić information content (AvgIpc) is 3.85. The van der Waals surface area contributed by atoms with Crippen molar-refractivity contribution >= 4 is 77.4 Å². The number of nitrogens with zero attached hydrogens (tertiary/aromatic N) is 2. The van der Waals surface area contributed by atoms with Gasteiger partial charge in [-0.2, -0.15) is 0 Å². The van der Waals surface area contributed by atoms with Crippen LogP contribution in [0.2, 0.25) is 0 Å². The molecule has 0 aliphatic carbocycles. The summed E-state index contributed by atoms with van der Waals surface area (Å²) in [5, 5.41) is 7.80. The summed E-state index contributed by atoms with van der Waals surface area (Å²) in [5.41, 5.74) is 12.4. The molecule has 0 atom stereocenters. The first kappa shape index (κ1) is 28.7. The molecule has 0 fully saturated rings. The van der Waals surface area contributed by atoms with Gasteiger partial charge in [0.15, 0.2) is 0 Å². The zero-order chi connectivity index (χ0) is 33.5. The van der Waals surface area contributed by atoms with Crippen molar-refractivity contribution < 1.29 is 0 Å². The minimum atomic E-state index is 0.237. The number of rotatable bonds is 4. The molecule has 0 N–H and O–H groups in total. The normalized spacial score (nSPS) is 11.9. The molecule has 3 heterocycles. The second-order valence-electron chi connectivity index (χ2n) is 13.3. The zero-order valence-electron chi connectivity index (χ0n) is 27.6. The van der Waals surface area contributed by atoms with Crippen LogP contribution in [0.25, 0.3) is 96.5 Å². The number of para-hydroxylation sites is 3. The van der Waals surface area contributed by atoms with Crippen LogP contribution in [0.15, 0.2) is 182 Å². The van der Waals surface area contributed by atoms with Gasteiger partial charge in [0.2, 0.25) is 0 Å². The van der Waals surface area contributed by atoms with Gasteiger partial charge in [-0.15, -0.1) is 0 Å². The fraction of sp³-hybridized carbons (Fsp3) is 0. The van der Waals surface area contributed by atoms with Gasteiger partial charge in [0, 0.05) is 0 Å². The zero-order valence-corrected chi connectivity index (χ0v) is 29.3. The molecule has 2 nitrogen and oxygen atoms in total. The average molecular weight is 714 g/mol. The molecule has 0 saturated carbocycles. The number of benzene rings is 8. The van der Waals surface area contributed by atoms with Crippen molar-refractivity contribution in [3.05, 3.63) is 182 Å². The molecule has 8 aromatic carbocycles. The fourth-order valence-electron chi connectivity index (χ4n) is 8.33. The Hall–Kier alpha value is -6.12. The predicted molar refractivity (Wildman–Crippen MR) is 218 cm³/mol. The van der Waals surface area contributed by atoms with Gasteiger partial charge in [0.05, 0.1) is 0 Å². The number of hydrogen-bond acceptors (Lipinski definition) is 0. The molecule has 0 aliphatic heterocycles. The van der Waals surface area contributed by atoms with Crippen molar-refractivity contribution in [1.29, 1.82) is 0 Å². The van der Waals surface area contributed by atoms with Gasteiger partial charge in [-0.05, 0) is 0 Å². The Bertz CT molecular complexity index is 3090. The molecule has 0 aliphatic rings.